The van der Waals surface area contributed by atoms with Crippen molar-refractivity contribution >= 4 is 40.2 Å². The van der Waals surface area contributed by atoms with E-state index in [1.165, 1.54) is 0 Å². The molecule has 2 aliphatic heterocycles. The van der Waals surface area contributed by atoms with Crippen molar-refractivity contribution in [3.63, 3.8) is 0 Å². The number of aliphatic hydroxyl groups is 1. The van der Waals surface area contributed by atoms with Gasteiger partial charge in [0.25, 0.3) is 0 Å². The summed E-state index contributed by atoms with van der Waals surface area (Å²) < 4.78 is 0. The molecule has 286 valence electrons. The van der Waals surface area contributed by atoms with Gasteiger partial charge in [-0.2, -0.15) is 0 Å². The molecule has 6 N–H and O–H groups in total. The number of para-hydroxylation sites is 1. The van der Waals surface area contributed by atoms with Gasteiger partial charge in [0, 0.05) is 74.5 Å². The number of hydrogen-bond donors (Lipinski definition) is 4. The van der Waals surface area contributed by atoms with Crippen LogP contribution in [0.4, 0.5) is 17.2 Å². The zero-order valence-corrected chi connectivity index (χ0v) is 32.8. The molecule has 1 amide bonds. The summed E-state index contributed by atoms with van der Waals surface area (Å²) in [7, 11) is 0. The van der Waals surface area contributed by atoms with Crippen molar-refractivity contribution in [2.24, 2.45) is 11.3 Å². The molecule has 4 aromatic rings. The van der Waals surface area contributed by atoms with E-state index in [-0.39, 0.29) is 37.2 Å². The zero-order chi connectivity index (χ0) is 38.7. The predicted molar refractivity (Wildman–Crippen MR) is 217 cm³/mol. The lowest BCUT2D eigenvalue weighted by Crippen LogP contribution is -2.49. The van der Waals surface area contributed by atoms with Crippen molar-refractivity contribution in [1.29, 1.82) is 0 Å². The van der Waals surface area contributed by atoms with E-state index in [0.29, 0.717) is 55.5 Å². The molecule has 13 heteroatoms. The molecule has 0 saturated carbocycles. The highest BCUT2D eigenvalue weighted by atomic mass is 32.1. The van der Waals surface area contributed by atoms with Gasteiger partial charge in [-0.15, -0.1) is 21.5 Å². The molecule has 2 saturated heterocycles. The molecule has 2 fully saturated rings. The second kappa shape index (κ2) is 16.3. The van der Waals surface area contributed by atoms with Crippen LogP contribution >= 0.6 is 11.3 Å². The van der Waals surface area contributed by atoms with Crippen molar-refractivity contribution < 1.29 is 14.7 Å². The molecule has 4 heterocycles. The van der Waals surface area contributed by atoms with E-state index >= 15 is 0 Å². The summed E-state index contributed by atoms with van der Waals surface area (Å²) in [5.41, 5.74) is 20.6. The molecule has 0 radical (unpaired) electrons. The minimum atomic E-state index is -0.673. The van der Waals surface area contributed by atoms with E-state index in [2.05, 4.69) is 68.1 Å². The van der Waals surface area contributed by atoms with Crippen molar-refractivity contribution in [3.8, 4) is 21.7 Å². The van der Waals surface area contributed by atoms with Gasteiger partial charge in [-0.3, -0.25) is 14.5 Å². The number of carbonyl (C=O) groups is 2. The molecular weight excluding hydrogens is 699 g/mol. The maximum absolute atomic E-state index is 14.3. The quantitative estimate of drug-likeness (QED) is 0.139. The van der Waals surface area contributed by atoms with Crippen LogP contribution in [0.15, 0.2) is 72.4 Å². The SMILES string of the molecule is C=C(N[C@@H](C)c1ccc(-c2scnc2C)cc1)[C@@H]1C[C@@H](O)CN1C(=O)[C@@H](CC(=O)CN1CCN(c2cc(-c3ccccc3N)nnc2N)CC1)C(C)(C)C. The Balaban J connectivity index is 1.06. The van der Waals surface area contributed by atoms with E-state index in [4.69, 9.17) is 11.5 Å². The second-order valence-electron chi connectivity index (χ2n) is 15.7. The number of nitrogens with zero attached hydrogens (tertiary/aromatic N) is 6. The van der Waals surface area contributed by atoms with Gasteiger partial charge in [0.05, 0.1) is 46.2 Å². The van der Waals surface area contributed by atoms with E-state index < -0.39 is 23.5 Å². The molecule has 0 unspecified atom stereocenters. The molecule has 0 bridgehead atoms. The number of aromatic nitrogens is 3. The van der Waals surface area contributed by atoms with Crippen molar-refractivity contribution in [3.05, 3.63) is 83.6 Å². The molecular formula is C41H53N9O3S. The van der Waals surface area contributed by atoms with Crippen LogP contribution in [-0.4, -0.2) is 93.2 Å². The van der Waals surface area contributed by atoms with Crippen LogP contribution in [0.2, 0.25) is 0 Å². The predicted octanol–water partition coefficient (Wildman–Crippen LogP) is 5.31. The van der Waals surface area contributed by atoms with Crippen LogP contribution in [0, 0.1) is 18.3 Å². The third-order valence-corrected chi connectivity index (χ3v) is 11.7. The molecule has 2 aromatic carbocycles. The summed E-state index contributed by atoms with van der Waals surface area (Å²) in [5, 5.41) is 22.8. The van der Waals surface area contributed by atoms with E-state index in [1.807, 2.05) is 63.5 Å². The highest BCUT2D eigenvalue weighted by molar-refractivity contribution is 7.13. The number of ketones is 1. The number of benzene rings is 2. The average Bonchev–Trinajstić information content (AvgIpc) is 3.76. The number of anilines is 3. The topological polar surface area (TPSA) is 167 Å². The summed E-state index contributed by atoms with van der Waals surface area (Å²) in [6.07, 6.45) is -0.166. The Morgan fingerprint density at radius 2 is 1.76 bits per heavy atom. The summed E-state index contributed by atoms with van der Waals surface area (Å²) >= 11 is 1.63. The monoisotopic (exact) mass is 751 g/mol. The van der Waals surface area contributed by atoms with Crippen molar-refractivity contribution in [2.45, 2.75) is 65.6 Å². The molecule has 54 heavy (non-hydrogen) atoms. The van der Waals surface area contributed by atoms with Crippen LogP contribution in [0.25, 0.3) is 21.7 Å². The normalized spacial score (nSPS) is 19.1. The maximum Gasteiger partial charge on any atom is 0.227 e. The number of hydrogen-bond acceptors (Lipinski definition) is 12. The number of aliphatic hydroxyl groups excluding tert-OH is 1. The first kappa shape index (κ1) is 38.9. The number of piperazine rings is 1. The molecule has 2 aliphatic rings. The number of nitrogens with two attached hydrogens (primary N) is 2. The lowest BCUT2D eigenvalue weighted by Gasteiger charge is -2.38. The van der Waals surface area contributed by atoms with E-state index in [0.717, 1.165) is 32.9 Å². The number of amides is 1. The third-order valence-electron chi connectivity index (χ3n) is 10.7. The lowest BCUT2D eigenvalue weighted by atomic mass is 9.76. The third kappa shape index (κ3) is 8.75. The maximum atomic E-state index is 14.3. The fourth-order valence-corrected chi connectivity index (χ4v) is 8.32. The fourth-order valence-electron chi connectivity index (χ4n) is 7.51. The van der Waals surface area contributed by atoms with Gasteiger partial charge in [-0.25, -0.2) is 4.98 Å². The Kier molecular flexibility index (Phi) is 11.7. The summed E-state index contributed by atoms with van der Waals surface area (Å²) in [4.78, 5) is 39.5. The second-order valence-corrected chi connectivity index (χ2v) is 16.5. The molecule has 2 aromatic heterocycles. The number of nitrogen functional groups attached to an aromatic ring is 2. The van der Waals surface area contributed by atoms with Gasteiger partial charge in [0.15, 0.2) is 5.82 Å². The molecule has 4 atom stereocenters. The van der Waals surface area contributed by atoms with Gasteiger partial charge in [0.1, 0.15) is 5.78 Å². The highest BCUT2D eigenvalue weighted by Crippen LogP contribution is 2.36. The number of carbonyl (C=O) groups excluding carboxylic acids is 2. The minimum Gasteiger partial charge on any atom is -0.398 e. The van der Waals surface area contributed by atoms with Crippen LogP contribution in [0.5, 0.6) is 0 Å². The zero-order valence-electron chi connectivity index (χ0n) is 32.0. The summed E-state index contributed by atoms with van der Waals surface area (Å²) in [6, 6.07) is 17.4. The minimum absolute atomic E-state index is 0.0162. The Hall–Kier alpha value is -4.85. The Labute approximate surface area is 322 Å². The highest BCUT2D eigenvalue weighted by Gasteiger charge is 2.43. The Morgan fingerprint density at radius 3 is 2.41 bits per heavy atom. The molecule has 6 rings (SSSR count). The first-order valence-corrected chi connectivity index (χ1v) is 19.5. The van der Waals surface area contributed by atoms with Gasteiger partial charge < -0.3 is 31.7 Å². The van der Waals surface area contributed by atoms with E-state index in [9.17, 15) is 14.7 Å². The fraction of sp³-hybridized carbons (Fsp3) is 0.439. The number of nitrogens with one attached hydrogen (secondary N) is 1. The van der Waals surface area contributed by atoms with Crippen molar-refractivity contribution in [1.82, 2.24) is 30.3 Å². The number of aryl methyl sites for hydroxylation is 1. The first-order chi connectivity index (χ1) is 25.7. The van der Waals surface area contributed by atoms with Gasteiger partial charge in [0.2, 0.25) is 5.91 Å². The standard InChI is InChI=1S/C41H53N9O3S/c1-25(28-11-13-29(14-12-28)38-27(3)44-24-54-38)45-26(2)36-20-31(52)23-50(36)40(53)33(41(4,5)6)19-30(51)22-48-15-17-49(18-16-48)37-21-35(46-47-39(37)43)32-9-7-8-10-34(32)42/h7-14,21,24-25,31,33,36,45,52H,2,15-20,22-23,42H2,1,3-6H3,(H2,43,47)/t25-,31+,33+,36-/m0/s1. The first-order valence-electron chi connectivity index (χ1n) is 18.6. The van der Waals surface area contributed by atoms with Crippen molar-refractivity contribution in [2.75, 3.05) is 55.6 Å². The largest absolute Gasteiger partial charge is 0.398 e. The van der Waals surface area contributed by atoms with Gasteiger partial charge in [-0.1, -0.05) is 69.8 Å². The smallest absolute Gasteiger partial charge is 0.227 e. The van der Waals surface area contributed by atoms with Gasteiger partial charge in [-0.05, 0) is 42.5 Å². The Bertz CT molecular complexity index is 1970. The molecule has 0 spiro atoms. The van der Waals surface area contributed by atoms with Crippen LogP contribution < -0.4 is 21.7 Å². The number of rotatable bonds is 12. The Morgan fingerprint density at radius 1 is 1.06 bits per heavy atom. The van der Waals surface area contributed by atoms with Crippen LogP contribution in [-0.2, 0) is 9.59 Å². The van der Waals surface area contributed by atoms with Gasteiger partial charge >= 0.3 is 0 Å². The van der Waals surface area contributed by atoms with E-state index in [1.54, 1.807) is 16.2 Å². The summed E-state index contributed by atoms with van der Waals surface area (Å²) in [6.45, 7) is 17.5. The summed E-state index contributed by atoms with van der Waals surface area (Å²) in [5.74, 6) is -0.322. The molecule has 0 aliphatic carbocycles. The number of likely N-dealkylation sites (tertiary alicyclic amines) is 1. The number of Topliss-reactive ketones (excluding diaryl/α,β-unsaturated/α-hetero) is 1. The average molecular weight is 752 g/mol. The number of β-amino-alcohol motifs (C(OH)–C–C–N with tert-alkyl or cyclic N) is 1. The number of thiazole rings is 1. The van der Waals surface area contributed by atoms with Crippen LogP contribution in [0.3, 0.4) is 0 Å². The molecule has 12 nitrogen and oxygen atoms in total. The lowest BCUT2D eigenvalue weighted by molar-refractivity contribution is -0.142. The van der Waals surface area contributed by atoms with Crippen LogP contribution in [0.1, 0.15) is 57.8 Å².